The third kappa shape index (κ3) is 2.35. The van der Waals surface area contributed by atoms with E-state index in [1.54, 1.807) is 0 Å². The highest BCUT2D eigenvalue weighted by Crippen LogP contribution is 2.13. The summed E-state index contributed by atoms with van der Waals surface area (Å²) in [5.74, 6) is -1.52. The van der Waals surface area contributed by atoms with Crippen LogP contribution in [-0.4, -0.2) is 4.92 Å². The molecule has 0 bridgehead atoms. The summed E-state index contributed by atoms with van der Waals surface area (Å²) in [6, 6.07) is 2.87. The maximum Gasteiger partial charge on any atom is 0.243 e. The van der Waals surface area contributed by atoms with Crippen LogP contribution in [0.5, 0.6) is 0 Å². The van der Waals surface area contributed by atoms with Gasteiger partial charge in [-0.1, -0.05) is 0 Å². The maximum absolute atomic E-state index is 13.0. The van der Waals surface area contributed by atoms with E-state index in [2.05, 4.69) is 0 Å². The molecule has 0 aliphatic heterocycles. The Bertz CT molecular complexity index is 402. The van der Waals surface area contributed by atoms with Gasteiger partial charge in [0.05, 0.1) is 4.92 Å². The quantitative estimate of drug-likeness (QED) is 0.542. The smallest absolute Gasteiger partial charge is 0.243 e. The van der Waals surface area contributed by atoms with Crippen LogP contribution in [0.25, 0.3) is 6.08 Å². The van der Waals surface area contributed by atoms with Crippen LogP contribution in [0.2, 0.25) is 0 Å². The van der Waals surface area contributed by atoms with Crippen LogP contribution in [0.3, 0.4) is 0 Å². The lowest BCUT2D eigenvalue weighted by Gasteiger charge is -1.96. The molecule has 0 saturated carbocycles. The Kier molecular flexibility index (Phi) is 2.91. The highest BCUT2D eigenvalue weighted by Gasteiger charge is 2.06. The fraction of sp³-hybridized carbons (Fsp3) is 0.111. The summed E-state index contributed by atoms with van der Waals surface area (Å²) in [6.45, 7) is 1.24. The molecule has 0 atom stereocenters. The van der Waals surface area contributed by atoms with Gasteiger partial charge in [-0.3, -0.25) is 10.1 Å². The maximum atomic E-state index is 13.0. The normalized spacial score (nSPS) is 11.5. The van der Waals surface area contributed by atoms with Crippen molar-refractivity contribution < 1.29 is 13.7 Å². The second-order valence-electron chi connectivity index (χ2n) is 2.71. The molecule has 0 aliphatic carbocycles. The van der Waals surface area contributed by atoms with Gasteiger partial charge in [0.1, 0.15) is 11.6 Å². The second-order valence-corrected chi connectivity index (χ2v) is 2.71. The zero-order valence-corrected chi connectivity index (χ0v) is 7.33. The molecule has 1 aromatic carbocycles. The molecule has 0 aliphatic rings. The number of allylic oxidation sites excluding steroid dienone is 1. The molecule has 0 heterocycles. The van der Waals surface area contributed by atoms with Gasteiger partial charge in [0, 0.05) is 24.6 Å². The minimum absolute atomic E-state index is 0.000556. The van der Waals surface area contributed by atoms with Crippen molar-refractivity contribution in [1.29, 1.82) is 0 Å². The summed E-state index contributed by atoms with van der Waals surface area (Å²) < 4.78 is 25.4. The molecule has 0 saturated heterocycles. The molecule has 0 radical (unpaired) electrons. The first-order chi connectivity index (χ1) is 6.50. The van der Waals surface area contributed by atoms with Crippen molar-refractivity contribution >= 4 is 6.08 Å². The highest BCUT2D eigenvalue weighted by atomic mass is 19.1. The number of benzene rings is 1. The molecule has 1 aromatic rings. The molecular formula is C9H7F2NO2. The molecule has 3 nitrogen and oxygen atoms in total. The monoisotopic (exact) mass is 199 g/mol. The second kappa shape index (κ2) is 3.95. The molecule has 0 amide bonds. The van der Waals surface area contributed by atoms with E-state index in [1.807, 2.05) is 0 Å². The Morgan fingerprint density at radius 1 is 1.50 bits per heavy atom. The molecule has 0 unspecified atom stereocenters. The van der Waals surface area contributed by atoms with Gasteiger partial charge in [-0.2, -0.15) is 0 Å². The molecule has 74 valence electrons. The first kappa shape index (κ1) is 10.3. The van der Waals surface area contributed by atoms with Gasteiger partial charge < -0.3 is 0 Å². The molecule has 5 heteroatoms. The van der Waals surface area contributed by atoms with E-state index in [0.29, 0.717) is 6.07 Å². The SMILES string of the molecule is CC(=Cc1ccc(F)cc1F)[N+](=O)[O-]. The zero-order valence-electron chi connectivity index (χ0n) is 7.33. The number of rotatable bonds is 2. The van der Waals surface area contributed by atoms with E-state index in [0.717, 1.165) is 18.2 Å². The van der Waals surface area contributed by atoms with Gasteiger partial charge in [-0.25, -0.2) is 8.78 Å². The van der Waals surface area contributed by atoms with Crippen molar-refractivity contribution in [3.8, 4) is 0 Å². The van der Waals surface area contributed by atoms with Crippen molar-refractivity contribution in [3.05, 3.63) is 51.2 Å². The summed E-state index contributed by atoms with van der Waals surface area (Å²) in [6.07, 6.45) is 1.05. The predicted molar refractivity (Wildman–Crippen MR) is 47.0 cm³/mol. The number of hydrogen-bond donors (Lipinski definition) is 0. The molecule has 0 spiro atoms. The van der Waals surface area contributed by atoms with Crippen LogP contribution < -0.4 is 0 Å². The lowest BCUT2D eigenvalue weighted by Crippen LogP contribution is -1.94. The van der Waals surface area contributed by atoms with Crippen LogP contribution in [0.15, 0.2) is 23.9 Å². The van der Waals surface area contributed by atoms with Crippen molar-refractivity contribution in [3.63, 3.8) is 0 Å². The summed E-state index contributed by atoms with van der Waals surface area (Å²) in [7, 11) is 0. The Balaban J connectivity index is 3.09. The van der Waals surface area contributed by atoms with Gasteiger partial charge in [0.25, 0.3) is 0 Å². The summed E-state index contributed by atoms with van der Waals surface area (Å²) in [5.41, 5.74) is -0.198. The molecule has 14 heavy (non-hydrogen) atoms. The Hall–Kier alpha value is -1.78. The van der Waals surface area contributed by atoms with Gasteiger partial charge in [-0.05, 0) is 12.1 Å². The molecular weight excluding hydrogens is 192 g/mol. The number of hydrogen-bond acceptors (Lipinski definition) is 2. The summed E-state index contributed by atoms with van der Waals surface area (Å²) >= 11 is 0. The third-order valence-corrected chi connectivity index (χ3v) is 1.61. The van der Waals surface area contributed by atoms with Crippen LogP contribution in [-0.2, 0) is 0 Å². The first-order valence-electron chi connectivity index (χ1n) is 3.78. The standard InChI is InChI=1S/C9H7F2NO2/c1-6(12(13)14)4-7-2-3-8(10)5-9(7)11/h2-5H,1H3. The minimum atomic E-state index is -0.814. The molecule has 1 rings (SSSR count). The van der Waals surface area contributed by atoms with Crippen LogP contribution in [0.4, 0.5) is 8.78 Å². The van der Waals surface area contributed by atoms with Crippen LogP contribution >= 0.6 is 0 Å². The third-order valence-electron chi connectivity index (χ3n) is 1.61. The van der Waals surface area contributed by atoms with Crippen molar-refractivity contribution in [1.82, 2.24) is 0 Å². The summed E-state index contributed by atoms with van der Waals surface area (Å²) in [5, 5.41) is 10.2. The van der Waals surface area contributed by atoms with Crippen molar-refractivity contribution in [2.45, 2.75) is 6.92 Å². The van der Waals surface area contributed by atoms with E-state index >= 15 is 0 Å². The van der Waals surface area contributed by atoms with Crippen molar-refractivity contribution in [2.75, 3.05) is 0 Å². The molecule has 0 N–H and O–H groups in total. The van der Waals surface area contributed by atoms with Gasteiger partial charge >= 0.3 is 0 Å². The van der Waals surface area contributed by atoms with Gasteiger partial charge in [-0.15, -0.1) is 0 Å². The van der Waals surface area contributed by atoms with E-state index in [-0.39, 0.29) is 11.3 Å². The average Bonchev–Trinajstić information content (AvgIpc) is 2.09. The van der Waals surface area contributed by atoms with E-state index in [1.165, 1.54) is 6.92 Å². The minimum Gasteiger partial charge on any atom is -0.259 e. The fourth-order valence-electron chi connectivity index (χ4n) is 0.896. The van der Waals surface area contributed by atoms with Crippen LogP contribution in [0.1, 0.15) is 12.5 Å². The first-order valence-corrected chi connectivity index (χ1v) is 3.78. The average molecular weight is 199 g/mol. The topological polar surface area (TPSA) is 43.1 Å². The van der Waals surface area contributed by atoms with E-state index in [9.17, 15) is 18.9 Å². The van der Waals surface area contributed by atoms with E-state index < -0.39 is 16.6 Å². The van der Waals surface area contributed by atoms with Crippen LogP contribution in [0, 0.1) is 21.7 Å². The molecule has 0 aromatic heterocycles. The number of nitro groups is 1. The largest absolute Gasteiger partial charge is 0.259 e. The molecule has 0 fully saturated rings. The number of halogens is 2. The summed E-state index contributed by atoms with van der Waals surface area (Å²) in [4.78, 5) is 9.59. The zero-order chi connectivity index (χ0) is 10.7. The number of nitrogens with zero attached hydrogens (tertiary/aromatic N) is 1. The van der Waals surface area contributed by atoms with Gasteiger partial charge in [0.15, 0.2) is 0 Å². The Morgan fingerprint density at radius 3 is 2.64 bits per heavy atom. The van der Waals surface area contributed by atoms with Crippen molar-refractivity contribution in [2.24, 2.45) is 0 Å². The van der Waals surface area contributed by atoms with Gasteiger partial charge in [0.2, 0.25) is 5.70 Å². The fourth-order valence-corrected chi connectivity index (χ4v) is 0.896. The Labute approximate surface area is 78.8 Å². The highest BCUT2D eigenvalue weighted by molar-refractivity contribution is 5.51. The Morgan fingerprint density at radius 2 is 2.14 bits per heavy atom. The van der Waals surface area contributed by atoms with E-state index in [4.69, 9.17) is 0 Å². The lowest BCUT2D eigenvalue weighted by atomic mass is 10.2. The predicted octanol–water partition coefficient (Wildman–Crippen LogP) is 2.60. The lowest BCUT2D eigenvalue weighted by molar-refractivity contribution is -0.422.